The first-order chi connectivity index (χ1) is 7.65. The molecule has 0 aliphatic carbocycles. The van der Waals surface area contributed by atoms with Gasteiger partial charge in [-0.15, -0.1) is 5.10 Å². The molecule has 2 N–H and O–H groups in total. The Morgan fingerprint density at radius 1 is 1.75 bits per heavy atom. The minimum atomic E-state index is -0.832. The molecule has 84 valence electrons. The first-order valence-corrected chi connectivity index (χ1v) is 4.83. The Kier molecular flexibility index (Phi) is 4.21. The van der Waals surface area contributed by atoms with Crippen molar-refractivity contribution < 1.29 is 9.90 Å². The molecular weight excluding hydrogens is 208 g/mol. The maximum absolute atomic E-state index is 10.6. The molecule has 1 aromatic heterocycles. The van der Waals surface area contributed by atoms with Crippen molar-refractivity contribution in [3.63, 3.8) is 0 Å². The Morgan fingerprint density at radius 2 is 2.50 bits per heavy atom. The molecule has 0 bridgehead atoms. The van der Waals surface area contributed by atoms with Gasteiger partial charge in [0.15, 0.2) is 5.82 Å². The molecule has 0 radical (unpaired) electrons. The summed E-state index contributed by atoms with van der Waals surface area (Å²) in [4.78, 5) is 10.6. The summed E-state index contributed by atoms with van der Waals surface area (Å²) in [6.07, 6.45) is 1.90. The topological polar surface area (TPSA) is 98.9 Å². The fraction of sp³-hybridized carbons (Fsp3) is 0.400. The predicted molar refractivity (Wildman–Crippen MR) is 56.7 cm³/mol. The Labute approximate surface area is 92.9 Å². The minimum absolute atomic E-state index is 0.391. The van der Waals surface area contributed by atoms with E-state index >= 15 is 0 Å². The van der Waals surface area contributed by atoms with Gasteiger partial charge < -0.3 is 10.4 Å². The van der Waals surface area contributed by atoms with Gasteiger partial charge in [-0.3, -0.25) is 4.79 Å². The van der Waals surface area contributed by atoms with E-state index in [2.05, 4.69) is 15.5 Å². The number of nitriles is 1. The van der Waals surface area contributed by atoms with Gasteiger partial charge in [0.05, 0.1) is 17.7 Å². The average Bonchev–Trinajstić information content (AvgIpc) is 2.29. The molecule has 0 amide bonds. The molecule has 0 fully saturated rings. The number of aromatic nitrogens is 2. The second-order valence-corrected chi connectivity index (χ2v) is 3.36. The third kappa shape index (κ3) is 3.20. The highest BCUT2D eigenvalue weighted by molar-refractivity contribution is 5.69. The lowest BCUT2D eigenvalue weighted by Crippen LogP contribution is -2.15. The van der Waals surface area contributed by atoms with Crippen LogP contribution in [0.15, 0.2) is 12.3 Å². The first-order valence-electron chi connectivity index (χ1n) is 4.83. The summed E-state index contributed by atoms with van der Waals surface area (Å²) >= 11 is 0. The molecule has 6 nitrogen and oxygen atoms in total. The van der Waals surface area contributed by atoms with E-state index in [1.807, 2.05) is 6.07 Å². The lowest BCUT2D eigenvalue weighted by molar-refractivity contribution is -0.141. The van der Waals surface area contributed by atoms with Crippen molar-refractivity contribution in [1.29, 1.82) is 5.26 Å². The van der Waals surface area contributed by atoms with Crippen molar-refractivity contribution in [2.45, 2.75) is 13.3 Å². The van der Waals surface area contributed by atoms with Gasteiger partial charge in [-0.2, -0.15) is 10.4 Å². The second-order valence-electron chi connectivity index (χ2n) is 3.36. The fourth-order valence-electron chi connectivity index (χ4n) is 1.08. The number of aliphatic carboxylic acids is 1. The van der Waals surface area contributed by atoms with Gasteiger partial charge in [0.25, 0.3) is 0 Å². The Morgan fingerprint density at radius 3 is 3.12 bits per heavy atom. The predicted octanol–water partition coefficient (Wildman–Crippen LogP) is 0.871. The minimum Gasteiger partial charge on any atom is -0.481 e. The van der Waals surface area contributed by atoms with Crippen LogP contribution < -0.4 is 5.32 Å². The SMILES string of the molecule is CC(CCNc1nnccc1C#N)C(=O)O. The molecule has 0 aliphatic rings. The van der Waals surface area contributed by atoms with Crippen molar-refractivity contribution >= 4 is 11.8 Å². The van der Waals surface area contributed by atoms with Crippen LogP contribution in [-0.4, -0.2) is 27.8 Å². The molecule has 0 aliphatic heterocycles. The third-order valence-electron chi connectivity index (χ3n) is 2.13. The Hall–Kier alpha value is -2.16. The largest absolute Gasteiger partial charge is 0.481 e. The zero-order valence-electron chi connectivity index (χ0n) is 8.84. The molecule has 6 heteroatoms. The smallest absolute Gasteiger partial charge is 0.306 e. The summed E-state index contributed by atoms with van der Waals surface area (Å²) in [6.45, 7) is 2.08. The number of carboxylic acids is 1. The quantitative estimate of drug-likeness (QED) is 0.763. The van der Waals surface area contributed by atoms with Crippen LogP contribution >= 0.6 is 0 Å². The lowest BCUT2D eigenvalue weighted by atomic mass is 10.1. The van der Waals surface area contributed by atoms with Crippen LogP contribution in [0.5, 0.6) is 0 Å². The average molecular weight is 220 g/mol. The highest BCUT2D eigenvalue weighted by Gasteiger charge is 2.10. The van der Waals surface area contributed by atoms with Crippen LogP contribution in [0.1, 0.15) is 18.9 Å². The standard InChI is InChI=1S/C10H12N4O2/c1-7(10(15)16)2-4-12-9-8(6-11)3-5-13-14-9/h3,5,7H,2,4H2,1H3,(H,12,14)(H,15,16). The molecule has 0 spiro atoms. The van der Waals surface area contributed by atoms with E-state index in [1.165, 1.54) is 6.20 Å². The normalized spacial score (nSPS) is 11.5. The van der Waals surface area contributed by atoms with Crippen molar-refractivity contribution in [2.24, 2.45) is 5.92 Å². The fourth-order valence-corrected chi connectivity index (χ4v) is 1.08. The molecule has 0 aromatic carbocycles. The zero-order chi connectivity index (χ0) is 12.0. The van der Waals surface area contributed by atoms with Gasteiger partial charge in [0.1, 0.15) is 6.07 Å². The molecule has 0 saturated heterocycles. The van der Waals surface area contributed by atoms with Gasteiger partial charge in [-0.05, 0) is 12.5 Å². The lowest BCUT2D eigenvalue weighted by Gasteiger charge is -2.08. The van der Waals surface area contributed by atoms with E-state index in [0.29, 0.717) is 24.3 Å². The van der Waals surface area contributed by atoms with E-state index in [4.69, 9.17) is 10.4 Å². The molecule has 0 saturated carbocycles. The van der Waals surface area contributed by atoms with Gasteiger partial charge in [0.2, 0.25) is 0 Å². The molecule has 1 unspecified atom stereocenters. The van der Waals surface area contributed by atoms with Crippen LogP contribution in [0, 0.1) is 17.2 Å². The van der Waals surface area contributed by atoms with Crippen molar-refractivity contribution in [1.82, 2.24) is 10.2 Å². The van der Waals surface area contributed by atoms with E-state index in [0.717, 1.165) is 0 Å². The van der Waals surface area contributed by atoms with Crippen molar-refractivity contribution in [3.8, 4) is 6.07 Å². The molecule has 1 heterocycles. The number of carbonyl (C=O) groups is 1. The van der Waals surface area contributed by atoms with Crippen LogP contribution in [0.25, 0.3) is 0 Å². The molecule has 1 rings (SSSR count). The molecule has 1 atom stereocenters. The number of nitrogens with one attached hydrogen (secondary N) is 1. The van der Waals surface area contributed by atoms with E-state index in [-0.39, 0.29) is 0 Å². The first kappa shape index (κ1) is 11.9. The van der Waals surface area contributed by atoms with Crippen molar-refractivity contribution in [2.75, 3.05) is 11.9 Å². The maximum Gasteiger partial charge on any atom is 0.306 e. The summed E-state index contributed by atoms with van der Waals surface area (Å²) < 4.78 is 0. The van der Waals surface area contributed by atoms with Crippen LogP contribution in [0.3, 0.4) is 0 Å². The molecular formula is C10H12N4O2. The van der Waals surface area contributed by atoms with E-state index < -0.39 is 11.9 Å². The van der Waals surface area contributed by atoms with Gasteiger partial charge >= 0.3 is 5.97 Å². The van der Waals surface area contributed by atoms with Gasteiger partial charge in [-0.1, -0.05) is 6.92 Å². The van der Waals surface area contributed by atoms with Gasteiger partial charge in [0, 0.05) is 6.54 Å². The Bertz CT molecular complexity index is 414. The second kappa shape index (κ2) is 5.66. The van der Waals surface area contributed by atoms with Crippen LogP contribution in [0.4, 0.5) is 5.82 Å². The monoisotopic (exact) mass is 220 g/mol. The number of nitrogens with zero attached hydrogens (tertiary/aromatic N) is 3. The number of hydrogen-bond acceptors (Lipinski definition) is 5. The van der Waals surface area contributed by atoms with Gasteiger partial charge in [-0.25, -0.2) is 0 Å². The highest BCUT2D eigenvalue weighted by atomic mass is 16.4. The summed E-state index contributed by atoms with van der Waals surface area (Å²) in [5.41, 5.74) is 0.401. The summed E-state index contributed by atoms with van der Waals surface area (Å²) in [5, 5.41) is 27.7. The summed E-state index contributed by atoms with van der Waals surface area (Å²) in [5.74, 6) is -0.862. The van der Waals surface area contributed by atoms with E-state index in [9.17, 15) is 4.79 Å². The number of carboxylic acid groups (broad SMARTS) is 1. The van der Waals surface area contributed by atoms with E-state index in [1.54, 1.807) is 13.0 Å². The van der Waals surface area contributed by atoms with Crippen LogP contribution in [0.2, 0.25) is 0 Å². The molecule has 16 heavy (non-hydrogen) atoms. The van der Waals surface area contributed by atoms with Crippen LogP contribution in [-0.2, 0) is 4.79 Å². The summed E-state index contributed by atoms with van der Waals surface area (Å²) in [7, 11) is 0. The highest BCUT2D eigenvalue weighted by Crippen LogP contribution is 2.09. The summed E-state index contributed by atoms with van der Waals surface area (Å²) in [6, 6.07) is 3.53. The third-order valence-corrected chi connectivity index (χ3v) is 2.13. The number of hydrogen-bond donors (Lipinski definition) is 2. The number of anilines is 1. The zero-order valence-corrected chi connectivity index (χ0v) is 8.84. The number of rotatable bonds is 5. The maximum atomic E-state index is 10.6. The molecule has 1 aromatic rings. The Balaban J connectivity index is 2.49. The van der Waals surface area contributed by atoms with Crippen molar-refractivity contribution in [3.05, 3.63) is 17.8 Å².